The van der Waals surface area contributed by atoms with Crippen molar-refractivity contribution in [3.8, 4) is 5.75 Å². The third-order valence-corrected chi connectivity index (χ3v) is 4.50. The Balaban J connectivity index is 1.62. The van der Waals surface area contributed by atoms with Crippen molar-refractivity contribution < 1.29 is 14.3 Å². The van der Waals surface area contributed by atoms with Crippen molar-refractivity contribution in [3.63, 3.8) is 0 Å². The molecule has 0 bridgehead atoms. The van der Waals surface area contributed by atoms with Gasteiger partial charge in [0.1, 0.15) is 5.75 Å². The van der Waals surface area contributed by atoms with Crippen molar-refractivity contribution in [3.05, 3.63) is 53.6 Å². The Hall–Kier alpha value is -2.82. The van der Waals surface area contributed by atoms with Gasteiger partial charge in [0.25, 0.3) is 5.91 Å². The molecule has 0 saturated carbocycles. The zero-order valence-electron chi connectivity index (χ0n) is 15.2. The number of amides is 2. The molecule has 1 aliphatic rings. The SMILES string of the molecule is CC(=O)Nc1ccc(NC(=O)[C@H](C)Oc2cccc3c2CCCC3)cc1. The quantitative estimate of drug-likeness (QED) is 0.857. The van der Waals surface area contributed by atoms with Gasteiger partial charge in [-0.1, -0.05) is 12.1 Å². The van der Waals surface area contributed by atoms with E-state index in [0.717, 1.165) is 25.0 Å². The number of carbonyl (C=O) groups is 2. The normalized spacial score (nSPS) is 14.1. The summed E-state index contributed by atoms with van der Waals surface area (Å²) >= 11 is 0. The Bertz CT molecular complexity index is 799. The fraction of sp³-hybridized carbons (Fsp3) is 0.333. The molecule has 2 aromatic rings. The maximum atomic E-state index is 12.4. The molecule has 5 nitrogen and oxygen atoms in total. The van der Waals surface area contributed by atoms with E-state index in [-0.39, 0.29) is 11.8 Å². The smallest absolute Gasteiger partial charge is 0.265 e. The van der Waals surface area contributed by atoms with Crippen LogP contribution >= 0.6 is 0 Å². The van der Waals surface area contributed by atoms with Gasteiger partial charge in [-0.05, 0) is 74.1 Å². The molecule has 0 aromatic heterocycles. The monoisotopic (exact) mass is 352 g/mol. The molecule has 0 heterocycles. The fourth-order valence-corrected chi connectivity index (χ4v) is 3.18. The van der Waals surface area contributed by atoms with E-state index >= 15 is 0 Å². The molecule has 2 aromatic carbocycles. The summed E-state index contributed by atoms with van der Waals surface area (Å²) in [5.41, 5.74) is 3.92. The minimum absolute atomic E-state index is 0.130. The lowest BCUT2D eigenvalue weighted by atomic mass is 9.91. The lowest BCUT2D eigenvalue weighted by Gasteiger charge is -2.22. The second-order valence-electron chi connectivity index (χ2n) is 6.61. The van der Waals surface area contributed by atoms with Gasteiger partial charge >= 0.3 is 0 Å². The van der Waals surface area contributed by atoms with Gasteiger partial charge in [-0.2, -0.15) is 0 Å². The molecule has 1 atom stereocenters. The molecule has 0 fully saturated rings. The van der Waals surface area contributed by atoms with Crippen LogP contribution in [0.3, 0.4) is 0 Å². The van der Waals surface area contributed by atoms with Gasteiger partial charge in [0.05, 0.1) is 0 Å². The lowest BCUT2D eigenvalue weighted by Crippen LogP contribution is -2.30. The first-order valence-electron chi connectivity index (χ1n) is 8.99. The van der Waals surface area contributed by atoms with Crippen molar-refractivity contribution in [2.75, 3.05) is 10.6 Å². The molecule has 1 aliphatic carbocycles. The third-order valence-electron chi connectivity index (χ3n) is 4.50. The average molecular weight is 352 g/mol. The Kier molecular flexibility index (Phi) is 5.56. The minimum atomic E-state index is -0.599. The molecule has 0 radical (unpaired) electrons. The Morgan fingerprint density at radius 2 is 1.62 bits per heavy atom. The predicted molar refractivity (Wildman–Crippen MR) is 103 cm³/mol. The van der Waals surface area contributed by atoms with E-state index in [2.05, 4.69) is 16.7 Å². The second kappa shape index (κ2) is 8.04. The number of carbonyl (C=O) groups excluding carboxylic acids is 2. The van der Waals surface area contributed by atoms with Crippen LogP contribution < -0.4 is 15.4 Å². The highest BCUT2D eigenvalue weighted by atomic mass is 16.5. The highest BCUT2D eigenvalue weighted by Gasteiger charge is 2.19. The van der Waals surface area contributed by atoms with Crippen LogP contribution in [-0.4, -0.2) is 17.9 Å². The van der Waals surface area contributed by atoms with Crippen molar-refractivity contribution in [2.24, 2.45) is 0 Å². The summed E-state index contributed by atoms with van der Waals surface area (Å²) in [7, 11) is 0. The van der Waals surface area contributed by atoms with Gasteiger partial charge in [0, 0.05) is 18.3 Å². The van der Waals surface area contributed by atoms with E-state index in [9.17, 15) is 9.59 Å². The summed E-state index contributed by atoms with van der Waals surface area (Å²) in [6.45, 7) is 3.21. The fourth-order valence-electron chi connectivity index (χ4n) is 3.18. The van der Waals surface area contributed by atoms with Crippen LogP contribution in [0.5, 0.6) is 5.75 Å². The van der Waals surface area contributed by atoms with Crippen molar-refractivity contribution in [1.29, 1.82) is 0 Å². The van der Waals surface area contributed by atoms with Crippen LogP contribution in [0.15, 0.2) is 42.5 Å². The standard InChI is InChI=1S/C21H24N2O3/c1-14(26-20-9-5-7-16-6-3-4-8-19(16)20)21(25)23-18-12-10-17(11-13-18)22-15(2)24/h5,7,9-14H,3-4,6,8H2,1-2H3,(H,22,24)(H,23,25)/t14-/m0/s1. The molecule has 5 heteroatoms. The maximum Gasteiger partial charge on any atom is 0.265 e. The van der Waals surface area contributed by atoms with E-state index in [1.54, 1.807) is 31.2 Å². The first-order chi connectivity index (χ1) is 12.5. The van der Waals surface area contributed by atoms with Crippen LogP contribution in [-0.2, 0) is 22.4 Å². The summed E-state index contributed by atoms with van der Waals surface area (Å²) in [5.74, 6) is 0.478. The Morgan fingerprint density at radius 1 is 0.962 bits per heavy atom. The summed E-state index contributed by atoms with van der Waals surface area (Å²) in [6, 6.07) is 13.1. The van der Waals surface area contributed by atoms with E-state index in [0.29, 0.717) is 11.4 Å². The molecule has 26 heavy (non-hydrogen) atoms. The summed E-state index contributed by atoms with van der Waals surface area (Å²) in [4.78, 5) is 23.5. The van der Waals surface area contributed by atoms with Crippen molar-refractivity contribution in [1.82, 2.24) is 0 Å². The van der Waals surface area contributed by atoms with E-state index in [1.165, 1.54) is 24.5 Å². The molecular formula is C21H24N2O3. The first-order valence-corrected chi connectivity index (χ1v) is 8.99. The van der Waals surface area contributed by atoms with Gasteiger partial charge < -0.3 is 15.4 Å². The van der Waals surface area contributed by atoms with Crippen LogP contribution in [0.2, 0.25) is 0 Å². The number of benzene rings is 2. The molecule has 0 aliphatic heterocycles. The number of hydrogen-bond donors (Lipinski definition) is 2. The number of fused-ring (bicyclic) bond motifs is 1. The zero-order valence-corrected chi connectivity index (χ0v) is 15.2. The number of aryl methyl sites for hydroxylation is 1. The van der Waals surface area contributed by atoms with Crippen LogP contribution in [0, 0.1) is 0 Å². The summed E-state index contributed by atoms with van der Waals surface area (Å²) in [6.07, 6.45) is 3.85. The predicted octanol–water partition coefficient (Wildman–Crippen LogP) is 3.93. The summed E-state index contributed by atoms with van der Waals surface area (Å²) in [5, 5.41) is 5.54. The van der Waals surface area contributed by atoms with Gasteiger partial charge in [-0.25, -0.2) is 0 Å². The number of nitrogens with one attached hydrogen (secondary N) is 2. The van der Waals surface area contributed by atoms with E-state index in [1.807, 2.05) is 12.1 Å². The lowest BCUT2D eigenvalue weighted by molar-refractivity contribution is -0.122. The number of rotatable bonds is 5. The molecule has 136 valence electrons. The zero-order chi connectivity index (χ0) is 18.5. The Labute approximate surface area is 153 Å². The topological polar surface area (TPSA) is 67.4 Å². The molecule has 0 spiro atoms. The molecule has 2 N–H and O–H groups in total. The second-order valence-corrected chi connectivity index (χ2v) is 6.61. The molecular weight excluding hydrogens is 328 g/mol. The molecule has 3 rings (SSSR count). The van der Waals surface area contributed by atoms with E-state index < -0.39 is 6.10 Å². The highest BCUT2D eigenvalue weighted by Crippen LogP contribution is 2.30. The average Bonchev–Trinajstić information content (AvgIpc) is 2.63. The van der Waals surface area contributed by atoms with Crippen LogP contribution in [0.1, 0.15) is 37.8 Å². The number of ether oxygens (including phenoxy) is 1. The maximum absolute atomic E-state index is 12.4. The van der Waals surface area contributed by atoms with Gasteiger partial charge in [-0.3, -0.25) is 9.59 Å². The van der Waals surface area contributed by atoms with Crippen LogP contribution in [0.4, 0.5) is 11.4 Å². The first kappa shape index (κ1) is 18.0. The number of hydrogen-bond acceptors (Lipinski definition) is 3. The Morgan fingerprint density at radius 3 is 2.31 bits per heavy atom. The third kappa shape index (κ3) is 4.42. The van der Waals surface area contributed by atoms with Gasteiger partial charge in [0.2, 0.25) is 5.91 Å². The van der Waals surface area contributed by atoms with Gasteiger partial charge in [0.15, 0.2) is 6.10 Å². The molecule has 0 saturated heterocycles. The van der Waals surface area contributed by atoms with E-state index in [4.69, 9.17) is 4.74 Å². The number of anilines is 2. The van der Waals surface area contributed by atoms with Crippen LogP contribution in [0.25, 0.3) is 0 Å². The molecule has 2 amide bonds. The minimum Gasteiger partial charge on any atom is -0.481 e. The van der Waals surface area contributed by atoms with Crippen molar-refractivity contribution in [2.45, 2.75) is 45.6 Å². The highest BCUT2D eigenvalue weighted by molar-refractivity contribution is 5.94. The van der Waals surface area contributed by atoms with Crippen molar-refractivity contribution >= 4 is 23.2 Å². The largest absolute Gasteiger partial charge is 0.481 e. The van der Waals surface area contributed by atoms with Gasteiger partial charge in [-0.15, -0.1) is 0 Å². The summed E-state index contributed by atoms with van der Waals surface area (Å²) < 4.78 is 5.95. The molecule has 0 unspecified atom stereocenters.